The minimum Gasteiger partial charge on any atom is -0.367 e. The van der Waals surface area contributed by atoms with Gasteiger partial charge in [0.05, 0.1) is 10.4 Å². The second-order valence-corrected chi connectivity index (χ2v) is 5.70. The smallest absolute Gasteiger partial charge is 0.270 e. The molecule has 2 rings (SSSR count). The number of fused-ring (bicyclic) bond motifs is 1. The van der Waals surface area contributed by atoms with Gasteiger partial charge in [0.2, 0.25) is 0 Å². The van der Waals surface area contributed by atoms with Crippen molar-refractivity contribution in [3.05, 3.63) is 34.6 Å². The molecule has 0 aliphatic heterocycles. The average Bonchev–Trinajstić information content (AvgIpc) is 2.45. The largest absolute Gasteiger partial charge is 0.367 e. The molecule has 6 heteroatoms. The van der Waals surface area contributed by atoms with E-state index < -0.39 is 4.92 Å². The molecule has 1 heterocycles. The van der Waals surface area contributed by atoms with Crippen LogP contribution in [0.1, 0.15) is 33.6 Å². The molecule has 0 amide bonds. The standard InChI is InChI=1S/C15H20N4O2/c1-10(2)4-5-11(3)18-15-13-8-12(19(20)21)6-7-14(13)16-9-17-15/h6-11H,4-5H2,1-3H3,(H,16,17,18). The molecule has 0 radical (unpaired) electrons. The molecule has 1 N–H and O–H groups in total. The van der Waals surface area contributed by atoms with Crippen molar-refractivity contribution in [2.45, 2.75) is 39.7 Å². The van der Waals surface area contributed by atoms with Crippen molar-refractivity contribution in [3.8, 4) is 0 Å². The Morgan fingerprint density at radius 1 is 1.24 bits per heavy atom. The highest BCUT2D eigenvalue weighted by molar-refractivity contribution is 5.90. The van der Waals surface area contributed by atoms with Crippen LogP contribution in [0.25, 0.3) is 10.9 Å². The van der Waals surface area contributed by atoms with Crippen LogP contribution in [0.5, 0.6) is 0 Å². The van der Waals surface area contributed by atoms with E-state index in [1.54, 1.807) is 6.07 Å². The van der Waals surface area contributed by atoms with E-state index >= 15 is 0 Å². The van der Waals surface area contributed by atoms with Crippen LogP contribution < -0.4 is 5.32 Å². The first-order valence-electron chi connectivity index (χ1n) is 7.13. The molecule has 1 aromatic heterocycles. The summed E-state index contributed by atoms with van der Waals surface area (Å²) in [6.07, 6.45) is 3.63. The number of rotatable bonds is 6. The zero-order valence-electron chi connectivity index (χ0n) is 12.5. The Kier molecular flexibility index (Phi) is 4.67. The van der Waals surface area contributed by atoms with Crippen molar-refractivity contribution in [2.24, 2.45) is 5.92 Å². The van der Waals surface area contributed by atoms with Gasteiger partial charge < -0.3 is 5.32 Å². The van der Waals surface area contributed by atoms with Crippen molar-refractivity contribution >= 4 is 22.4 Å². The van der Waals surface area contributed by atoms with Crippen LogP contribution in [0.4, 0.5) is 11.5 Å². The van der Waals surface area contributed by atoms with Crippen LogP contribution in [0.15, 0.2) is 24.5 Å². The summed E-state index contributed by atoms with van der Waals surface area (Å²) in [6, 6.07) is 4.89. The zero-order valence-corrected chi connectivity index (χ0v) is 12.5. The molecular weight excluding hydrogens is 268 g/mol. The van der Waals surface area contributed by atoms with Gasteiger partial charge in [-0.15, -0.1) is 0 Å². The predicted octanol–water partition coefficient (Wildman–Crippen LogP) is 3.77. The number of nitrogens with zero attached hydrogens (tertiary/aromatic N) is 3. The summed E-state index contributed by atoms with van der Waals surface area (Å²) in [6.45, 7) is 6.47. The predicted molar refractivity (Wildman–Crippen MR) is 83.3 cm³/mol. The monoisotopic (exact) mass is 288 g/mol. The molecular formula is C15H20N4O2. The van der Waals surface area contributed by atoms with E-state index in [9.17, 15) is 10.1 Å². The Morgan fingerprint density at radius 3 is 2.67 bits per heavy atom. The highest BCUT2D eigenvalue weighted by Gasteiger charge is 2.12. The number of benzene rings is 1. The van der Waals surface area contributed by atoms with E-state index in [0.29, 0.717) is 22.6 Å². The molecule has 0 saturated heterocycles. The van der Waals surface area contributed by atoms with Gasteiger partial charge in [0.25, 0.3) is 5.69 Å². The molecule has 0 aliphatic carbocycles. The molecule has 6 nitrogen and oxygen atoms in total. The van der Waals surface area contributed by atoms with E-state index in [2.05, 4.69) is 36.1 Å². The lowest BCUT2D eigenvalue weighted by Crippen LogP contribution is -2.17. The van der Waals surface area contributed by atoms with Gasteiger partial charge in [-0.2, -0.15) is 0 Å². The first-order valence-corrected chi connectivity index (χ1v) is 7.13. The van der Waals surface area contributed by atoms with Gasteiger partial charge in [0.1, 0.15) is 12.1 Å². The molecule has 21 heavy (non-hydrogen) atoms. The zero-order chi connectivity index (χ0) is 15.4. The second-order valence-electron chi connectivity index (χ2n) is 5.70. The third-order valence-electron chi connectivity index (χ3n) is 3.39. The Bertz CT molecular complexity index is 643. The van der Waals surface area contributed by atoms with Crippen molar-refractivity contribution in [1.29, 1.82) is 0 Å². The van der Waals surface area contributed by atoms with Gasteiger partial charge >= 0.3 is 0 Å². The lowest BCUT2D eigenvalue weighted by atomic mass is 10.0. The third-order valence-corrected chi connectivity index (χ3v) is 3.39. The van der Waals surface area contributed by atoms with Gasteiger partial charge in [-0.3, -0.25) is 10.1 Å². The lowest BCUT2D eigenvalue weighted by molar-refractivity contribution is -0.384. The number of nitro groups is 1. The molecule has 0 spiro atoms. The Morgan fingerprint density at radius 2 is 2.00 bits per heavy atom. The number of aromatic nitrogens is 2. The molecule has 1 unspecified atom stereocenters. The summed E-state index contributed by atoms with van der Waals surface area (Å²) in [5, 5.41) is 14.9. The van der Waals surface area contributed by atoms with Gasteiger partial charge in [0.15, 0.2) is 0 Å². The minimum atomic E-state index is -0.404. The third kappa shape index (κ3) is 3.87. The van der Waals surface area contributed by atoms with E-state index in [4.69, 9.17) is 0 Å². The minimum absolute atomic E-state index is 0.0511. The number of hydrogen-bond donors (Lipinski definition) is 1. The van der Waals surface area contributed by atoms with Crippen molar-refractivity contribution in [2.75, 3.05) is 5.32 Å². The summed E-state index contributed by atoms with van der Waals surface area (Å²) in [5.74, 6) is 1.30. The number of nitrogens with one attached hydrogen (secondary N) is 1. The van der Waals surface area contributed by atoms with Crippen LogP contribution in [-0.2, 0) is 0 Å². The number of non-ortho nitro benzene ring substituents is 1. The summed E-state index contributed by atoms with van der Waals surface area (Å²) in [5.41, 5.74) is 0.754. The topological polar surface area (TPSA) is 81.0 Å². The van der Waals surface area contributed by atoms with Crippen molar-refractivity contribution < 1.29 is 4.92 Å². The molecule has 0 saturated carbocycles. The fraction of sp³-hybridized carbons (Fsp3) is 0.467. The summed E-state index contributed by atoms with van der Waals surface area (Å²) in [4.78, 5) is 18.9. The second kappa shape index (κ2) is 6.47. The quantitative estimate of drug-likeness (QED) is 0.646. The molecule has 0 bridgehead atoms. The highest BCUT2D eigenvalue weighted by Crippen LogP contribution is 2.25. The van der Waals surface area contributed by atoms with E-state index in [0.717, 1.165) is 12.8 Å². The van der Waals surface area contributed by atoms with Crippen LogP contribution >= 0.6 is 0 Å². The molecule has 2 aromatic rings. The summed E-state index contributed by atoms with van der Waals surface area (Å²) in [7, 11) is 0. The Hall–Kier alpha value is -2.24. The van der Waals surface area contributed by atoms with Crippen molar-refractivity contribution in [1.82, 2.24) is 9.97 Å². The Balaban J connectivity index is 2.26. The maximum atomic E-state index is 10.9. The maximum Gasteiger partial charge on any atom is 0.270 e. The van der Waals surface area contributed by atoms with Crippen LogP contribution in [0.2, 0.25) is 0 Å². The fourth-order valence-corrected chi connectivity index (χ4v) is 2.16. The first-order chi connectivity index (χ1) is 9.97. The van der Waals surface area contributed by atoms with Crippen LogP contribution in [0, 0.1) is 16.0 Å². The summed E-state index contributed by atoms with van der Waals surface area (Å²) >= 11 is 0. The van der Waals surface area contributed by atoms with Crippen molar-refractivity contribution in [3.63, 3.8) is 0 Å². The van der Waals surface area contributed by atoms with Gasteiger partial charge in [-0.05, 0) is 31.7 Å². The number of nitro benzene ring substituents is 1. The molecule has 0 fully saturated rings. The maximum absolute atomic E-state index is 10.9. The highest BCUT2D eigenvalue weighted by atomic mass is 16.6. The first kappa shape index (κ1) is 15.2. The number of anilines is 1. The lowest BCUT2D eigenvalue weighted by Gasteiger charge is -2.16. The normalized spacial score (nSPS) is 12.6. The van der Waals surface area contributed by atoms with E-state index in [1.807, 2.05) is 0 Å². The number of hydrogen-bond acceptors (Lipinski definition) is 5. The van der Waals surface area contributed by atoms with Gasteiger partial charge in [0, 0.05) is 23.6 Å². The van der Waals surface area contributed by atoms with Crippen LogP contribution in [-0.4, -0.2) is 20.9 Å². The van der Waals surface area contributed by atoms with E-state index in [-0.39, 0.29) is 11.7 Å². The van der Waals surface area contributed by atoms with Gasteiger partial charge in [-0.25, -0.2) is 9.97 Å². The summed E-state index contributed by atoms with van der Waals surface area (Å²) < 4.78 is 0. The average molecular weight is 288 g/mol. The van der Waals surface area contributed by atoms with E-state index in [1.165, 1.54) is 18.5 Å². The fourth-order valence-electron chi connectivity index (χ4n) is 2.16. The molecule has 1 aromatic carbocycles. The molecule has 112 valence electrons. The van der Waals surface area contributed by atoms with Gasteiger partial charge in [-0.1, -0.05) is 13.8 Å². The Labute approximate surface area is 123 Å². The molecule has 0 aliphatic rings. The van der Waals surface area contributed by atoms with Crippen LogP contribution in [0.3, 0.4) is 0 Å². The SMILES string of the molecule is CC(C)CCC(C)Nc1ncnc2ccc([N+](=O)[O-])cc12. The molecule has 1 atom stereocenters.